The van der Waals surface area contributed by atoms with E-state index in [-0.39, 0.29) is 6.04 Å². The van der Waals surface area contributed by atoms with Gasteiger partial charge in [-0.2, -0.15) is 0 Å². The Morgan fingerprint density at radius 1 is 1.24 bits per heavy atom. The largest absolute Gasteiger partial charge is 0.323 e. The fourth-order valence-electron chi connectivity index (χ4n) is 4.26. The first kappa shape index (κ1) is 15.0. The molecule has 0 saturated carbocycles. The van der Waals surface area contributed by atoms with E-state index in [1.54, 1.807) is 0 Å². The zero-order chi connectivity index (χ0) is 14.8. The van der Waals surface area contributed by atoms with Crippen LogP contribution in [-0.4, -0.2) is 47.6 Å². The van der Waals surface area contributed by atoms with Crippen molar-refractivity contribution in [3.8, 4) is 0 Å². The van der Waals surface area contributed by atoms with Crippen molar-refractivity contribution >= 4 is 0 Å². The van der Waals surface area contributed by atoms with Gasteiger partial charge < -0.3 is 5.73 Å². The molecule has 116 valence electrons. The monoisotopic (exact) mass is 287 g/mol. The Morgan fingerprint density at radius 3 is 2.71 bits per heavy atom. The number of nitrogens with two attached hydrogens (primary N) is 1. The second kappa shape index (κ2) is 6.47. The Labute approximate surface area is 129 Å². The molecule has 3 rings (SSSR count). The highest BCUT2D eigenvalue weighted by atomic mass is 15.3. The maximum absolute atomic E-state index is 6.62. The predicted octanol–water partition coefficient (Wildman–Crippen LogP) is 2.63. The molecule has 0 radical (unpaired) electrons. The van der Waals surface area contributed by atoms with Crippen LogP contribution in [0.3, 0.4) is 0 Å². The second-order valence-corrected chi connectivity index (χ2v) is 6.75. The molecule has 0 aliphatic carbocycles. The molecule has 2 aliphatic heterocycles. The van der Waals surface area contributed by atoms with Gasteiger partial charge >= 0.3 is 0 Å². The second-order valence-electron chi connectivity index (χ2n) is 6.75. The first-order valence-corrected chi connectivity index (χ1v) is 8.51. The molecule has 0 bridgehead atoms. The predicted molar refractivity (Wildman–Crippen MR) is 88.2 cm³/mol. The normalized spacial score (nSPS) is 30.0. The summed E-state index contributed by atoms with van der Waals surface area (Å²) in [7, 11) is 0. The molecule has 4 atom stereocenters. The van der Waals surface area contributed by atoms with Gasteiger partial charge in [0.1, 0.15) is 0 Å². The van der Waals surface area contributed by atoms with Crippen LogP contribution in [0.1, 0.15) is 44.7 Å². The molecule has 0 spiro atoms. The first-order chi connectivity index (χ1) is 10.2. The zero-order valence-electron chi connectivity index (χ0n) is 13.4. The van der Waals surface area contributed by atoms with E-state index in [4.69, 9.17) is 5.73 Å². The van der Waals surface area contributed by atoms with E-state index in [1.807, 2.05) is 0 Å². The van der Waals surface area contributed by atoms with Crippen LogP contribution in [0.2, 0.25) is 0 Å². The Morgan fingerprint density at radius 2 is 2.00 bits per heavy atom. The van der Waals surface area contributed by atoms with Gasteiger partial charge in [-0.1, -0.05) is 37.3 Å². The van der Waals surface area contributed by atoms with Crippen LogP contribution in [0.15, 0.2) is 30.3 Å². The third-order valence-electron chi connectivity index (χ3n) is 5.43. The van der Waals surface area contributed by atoms with Gasteiger partial charge in [-0.3, -0.25) is 9.80 Å². The molecule has 2 heterocycles. The highest BCUT2D eigenvalue weighted by Crippen LogP contribution is 2.30. The SMILES string of the molecule is CCC(C(N)c1ccccc1)N1CC2CCCN2CC1C. The van der Waals surface area contributed by atoms with Crippen molar-refractivity contribution in [2.24, 2.45) is 5.73 Å². The highest BCUT2D eigenvalue weighted by Gasteiger charge is 2.38. The molecular weight excluding hydrogens is 258 g/mol. The van der Waals surface area contributed by atoms with Gasteiger partial charge in [-0.25, -0.2) is 0 Å². The fraction of sp³-hybridized carbons (Fsp3) is 0.667. The van der Waals surface area contributed by atoms with Gasteiger partial charge in [0.15, 0.2) is 0 Å². The molecule has 21 heavy (non-hydrogen) atoms. The van der Waals surface area contributed by atoms with E-state index >= 15 is 0 Å². The average molecular weight is 287 g/mol. The summed E-state index contributed by atoms with van der Waals surface area (Å²) in [5, 5.41) is 0. The van der Waals surface area contributed by atoms with Crippen LogP contribution < -0.4 is 5.73 Å². The van der Waals surface area contributed by atoms with E-state index in [2.05, 4.69) is 54.0 Å². The summed E-state index contributed by atoms with van der Waals surface area (Å²) in [6, 6.07) is 12.5. The van der Waals surface area contributed by atoms with E-state index in [9.17, 15) is 0 Å². The fourth-order valence-corrected chi connectivity index (χ4v) is 4.26. The molecule has 0 amide bonds. The summed E-state index contributed by atoms with van der Waals surface area (Å²) >= 11 is 0. The summed E-state index contributed by atoms with van der Waals surface area (Å²) in [5.41, 5.74) is 7.89. The lowest BCUT2D eigenvalue weighted by atomic mass is 9.94. The van der Waals surface area contributed by atoms with Gasteiger partial charge in [0.2, 0.25) is 0 Å². The Bertz CT molecular complexity index is 447. The van der Waals surface area contributed by atoms with E-state index in [0.29, 0.717) is 12.1 Å². The van der Waals surface area contributed by atoms with Crippen molar-refractivity contribution in [2.75, 3.05) is 19.6 Å². The molecule has 2 aliphatic rings. The number of nitrogens with zero attached hydrogens (tertiary/aromatic N) is 2. The van der Waals surface area contributed by atoms with Gasteiger partial charge in [0, 0.05) is 37.3 Å². The van der Waals surface area contributed by atoms with E-state index < -0.39 is 0 Å². The minimum Gasteiger partial charge on any atom is -0.323 e. The maximum atomic E-state index is 6.62. The van der Waals surface area contributed by atoms with Gasteiger partial charge in [-0.05, 0) is 38.3 Å². The molecule has 0 aromatic heterocycles. The summed E-state index contributed by atoms with van der Waals surface area (Å²) in [6.45, 7) is 8.35. The van der Waals surface area contributed by atoms with Crippen LogP contribution >= 0.6 is 0 Å². The lowest BCUT2D eigenvalue weighted by Gasteiger charge is -2.47. The first-order valence-electron chi connectivity index (χ1n) is 8.51. The van der Waals surface area contributed by atoms with Crippen molar-refractivity contribution in [3.05, 3.63) is 35.9 Å². The topological polar surface area (TPSA) is 32.5 Å². The van der Waals surface area contributed by atoms with Crippen molar-refractivity contribution < 1.29 is 0 Å². The van der Waals surface area contributed by atoms with E-state index in [0.717, 1.165) is 12.5 Å². The quantitative estimate of drug-likeness (QED) is 0.924. The molecule has 1 aromatic rings. The minimum atomic E-state index is 0.117. The third kappa shape index (κ3) is 3.01. The zero-order valence-corrected chi connectivity index (χ0v) is 13.4. The van der Waals surface area contributed by atoms with Crippen LogP contribution in [0.5, 0.6) is 0 Å². The Balaban J connectivity index is 1.76. The van der Waals surface area contributed by atoms with Gasteiger partial charge in [-0.15, -0.1) is 0 Å². The number of piperazine rings is 1. The van der Waals surface area contributed by atoms with Crippen molar-refractivity contribution in [1.29, 1.82) is 0 Å². The standard InChI is InChI=1S/C18H29N3/c1-3-17(18(19)15-8-5-4-6-9-15)21-13-16-10-7-11-20(16)12-14(21)2/h4-6,8-9,14,16-18H,3,7,10-13,19H2,1-2H3. The Kier molecular flexibility index (Phi) is 4.63. The number of hydrogen-bond acceptors (Lipinski definition) is 3. The number of rotatable bonds is 4. The molecule has 4 unspecified atom stereocenters. The van der Waals surface area contributed by atoms with Gasteiger partial charge in [0.25, 0.3) is 0 Å². The summed E-state index contributed by atoms with van der Waals surface area (Å²) in [6.07, 6.45) is 3.85. The molecule has 3 heteroatoms. The summed E-state index contributed by atoms with van der Waals surface area (Å²) in [4.78, 5) is 5.37. The number of benzene rings is 1. The average Bonchev–Trinajstić information content (AvgIpc) is 2.96. The summed E-state index contributed by atoms with van der Waals surface area (Å²) in [5.74, 6) is 0. The molecule has 3 nitrogen and oxygen atoms in total. The molecule has 2 saturated heterocycles. The van der Waals surface area contributed by atoms with Crippen molar-refractivity contribution in [1.82, 2.24) is 9.80 Å². The summed E-state index contributed by atoms with van der Waals surface area (Å²) < 4.78 is 0. The lowest BCUT2D eigenvalue weighted by molar-refractivity contribution is 0.0181. The smallest absolute Gasteiger partial charge is 0.0453 e. The van der Waals surface area contributed by atoms with Crippen molar-refractivity contribution in [2.45, 2.75) is 57.3 Å². The highest BCUT2D eigenvalue weighted by molar-refractivity contribution is 5.20. The van der Waals surface area contributed by atoms with Crippen LogP contribution in [0, 0.1) is 0 Å². The minimum absolute atomic E-state index is 0.117. The molecular formula is C18H29N3. The van der Waals surface area contributed by atoms with E-state index in [1.165, 1.54) is 38.0 Å². The molecule has 2 fully saturated rings. The van der Waals surface area contributed by atoms with Crippen molar-refractivity contribution in [3.63, 3.8) is 0 Å². The third-order valence-corrected chi connectivity index (χ3v) is 5.43. The van der Waals surface area contributed by atoms with Crippen LogP contribution in [0.25, 0.3) is 0 Å². The maximum Gasteiger partial charge on any atom is 0.0453 e. The molecule has 1 aromatic carbocycles. The lowest BCUT2D eigenvalue weighted by Crippen LogP contribution is -2.59. The van der Waals surface area contributed by atoms with Gasteiger partial charge in [0.05, 0.1) is 0 Å². The van der Waals surface area contributed by atoms with Crippen LogP contribution in [0.4, 0.5) is 0 Å². The number of fused-ring (bicyclic) bond motifs is 1. The Hall–Kier alpha value is -0.900. The van der Waals surface area contributed by atoms with Crippen LogP contribution in [-0.2, 0) is 0 Å². The number of hydrogen-bond donors (Lipinski definition) is 1. The molecule has 2 N–H and O–H groups in total.